The summed E-state index contributed by atoms with van der Waals surface area (Å²) in [5, 5.41) is 0. The first-order valence-corrected chi connectivity index (χ1v) is 8.90. The molecule has 6 heteroatoms. The van der Waals surface area contributed by atoms with Gasteiger partial charge in [0.1, 0.15) is 0 Å². The number of benzene rings is 1. The highest BCUT2D eigenvalue weighted by molar-refractivity contribution is 7.89. The van der Waals surface area contributed by atoms with Crippen LogP contribution in [0.3, 0.4) is 0 Å². The minimum atomic E-state index is -3.41. The molecule has 2 N–H and O–H groups in total. The molecule has 2 atom stereocenters. The maximum Gasteiger partial charge on any atom is 0.242 e. The van der Waals surface area contributed by atoms with Crippen LogP contribution < -0.4 is 10.6 Å². The summed E-state index contributed by atoms with van der Waals surface area (Å²) in [5.41, 5.74) is 7.62. The monoisotopic (exact) mass is 309 g/mol. The minimum absolute atomic E-state index is 0.314. The Morgan fingerprint density at radius 1 is 1.19 bits per heavy atom. The van der Waals surface area contributed by atoms with Crippen molar-refractivity contribution in [3.63, 3.8) is 0 Å². The lowest BCUT2D eigenvalue weighted by Crippen LogP contribution is -2.25. The summed E-state index contributed by atoms with van der Waals surface area (Å²) in [5.74, 6) is 1.50. The lowest BCUT2D eigenvalue weighted by molar-refractivity contribution is 0.494. The highest BCUT2D eigenvalue weighted by Crippen LogP contribution is 2.41. The van der Waals surface area contributed by atoms with E-state index >= 15 is 0 Å². The molecule has 0 radical (unpaired) electrons. The molecule has 1 aromatic rings. The normalized spacial score (nSPS) is 25.6. The maximum absolute atomic E-state index is 12.3. The molecule has 1 saturated heterocycles. The second-order valence-corrected chi connectivity index (χ2v) is 8.52. The molecule has 0 aromatic heterocycles. The van der Waals surface area contributed by atoms with Crippen molar-refractivity contribution in [2.24, 2.45) is 11.8 Å². The standard InChI is InChI=1S/C15H23N3O2S/c1-17(2)21(19,20)13-6-7-14(16)15(8-13)18-9-11-4-3-5-12(11)10-18/h6-8,11-12H,3-5,9-10,16H2,1-2H3. The summed E-state index contributed by atoms with van der Waals surface area (Å²) >= 11 is 0. The number of hydrogen-bond donors (Lipinski definition) is 1. The Labute approximate surface area is 126 Å². The Kier molecular flexibility index (Phi) is 3.61. The molecule has 0 bridgehead atoms. The van der Waals surface area contributed by atoms with E-state index in [1.807, 2.05) is 0 Å². The van der Waals surface area contributed by atoms with E-state index in [0.717, 1.165) is 30.6 Å². The fourth-order valence-electron chi connectivity index (χ4n) is 3.60. The van der Waals surface area contributed by atoms with Crippen LogP contribution in [0.4, 0.5) is 11.4 Å². The van der Waals surface area contributed by atoms with Crippen molar-refractivity contribution in [2.75, 3.05) is 37.8 Å². The van der Waals surface area contributed by atoms with Crippen LogP contribution in [0.5, 0.6) is 0 Å². The van der Waals surface area contributed by atoms with Crippen molar-refractivity contribution in [3.8, 4) is 0 Å². The van der Waals surface area contributed by atoms with Gasteiger partial charge in [0, 0.05) is 27.2 Å². The van der Waals surface area contributed by atoms with Crippen molar-refractivity contribution in [2.45, 2.75) is 24.2 Å². The van der Waals surface area contributed by atoms with Gasteiger partial charge in [0.2, 0.25) is 10.0 Å². The van der Waals surface area contributed by atoms with Crippen molar-refractivity contribution in [1.82, 2.24) is 4.31 Å². The Morgan fingerprint density at radius 2 is 1.81 bits per heavy atom. The van der Waals surface area contributed by atoms with E-state index in [1.165, 1.54) is 23.6 Å². The quantitative estimate of drug-likeness (QED) is 0.864. The molecular weight excluding hydrogens is 286 g/mol. The molecule has 5 nitrogen and oxygen atoms in total. The first-order valence-electron chi connectivity index (χ1n) is 7.46. The van der Waals surface area contributed by atoms with Gasteiger partial charge in [-0.25, -0.2) is 12.7 Å². The third-order valence-corrected chi connectivity index (χ3v) is 6.66. The highest BCUT2D eigenvalue weighted by atomic mass is 32.2. The summed E-state index contributed by atoms with van der Waals surface area (Å²) in [4.78, 5) is 2.58. The van der Waals surface area contributed by atoms with E-state index in [-0.39, 0.29) is 0 Å². The van der Waals surface area contributed by atoms with E-state index in [9.17, 15) is 8.42 Å². The van der Waals surface area contributed by atoms with E-state index in [1.54, 1.807) is 32.3 Å². The van der Waals surface area contributed by atoms with Crippen LogP contribution in [0.25, 0.3) is 0 Å². The molecule has 1 saturated carbocycles. The number of nitrogens with zero attached hydrogens (tertiary/aromatic N) is 2. The predicted octanol–water partition coefficient (Wildman–Crippen LogP) is 1.76. The number of hydrogen-bond acceptors (Lipinski definition) is 4. The fraction of sp³-hybridized carbons (Fsp3) is 0.600. The van der Waals surface area contributed by atoms with Crippen molar-refractivity contribution < 1.29 is 8.42 Å². The third-order valence-electron chi connectivity index (χ3n) is 4.85. The van der Waals surface area contributed by atoms with Gasteiger partial charge in [0.05, 0.1) is 16.3 Å². The molecule has 1 aliphatic heterocycles. The zero-order valence-electron chi connectivity index (χ0n) is 12.6. The first kappa shape index (κ1) is 14.7. The number of fused-ring (bicyclic) bond motifs is 1. The molecule has 1 heterocycles. The number of nitrogens with two attached hydrogens (primary N) is 1. The Hall–Kier alpha value is -1.27. The molecule has 0 spiro atoms. The van der Waals surface area contributed by atoms with Crippen LogP contribution in [0, 0.1) is 11.8 Å². The van der Waals surface area contributed by atoms with Gasteiger partial charge in [0.25, 0.3) is 0 Å². The van der Waals surface area contributed by atoms with Gasteiger partial charge in [-0.1, -0.05) is 6.42 Å². The van der Waals surface area contributed by atoms with Gasteiger partial charge in [-0.15, -0.1) is 0 Å². The van der Waals surface area contributed by atoms with Gasteiger partial charge in [-0.05, 0) is 42.9 Å². The van der Waals surface area contributed by atoms with Gasteiger partial charge >= 0.3 is 0 Å². The third kappa shape index (κ3) is 2.51. The average molecular weight is 309 g/mol. The second-order valence-electron chi connectivity index (χ2n) is 6.36. The smallest absolute Gasteiger partial charge is 0.242 e. The van der Waals surface area contributed by atoms with E-state index in [4.69, 9.17) is 5.73 Å². The highest BCUT2D eigenvalue weighted by Gasteiger charge is 2.36. The van der Waals surface area contributed by atoms with Crippen molar-refractivity contribution in [1.29, 1.82) is 0 Å². The molecule has 2 unspecified atom stereocenters. The fourth-order valence-corrected chi connectivity index (χ4v) is 4.52. The summed E-state index contributed by atoms with van der Waals surface area (Å²) in [6.07, 6.45) is 3.90. The number of nitrogen functional groups attached to an aromatic ring is 1. The van der Waals surface area contributed by atoms with Gasteiger partial charge in [-0.2, -0.15) is 0 Å². The Bertz CT molecular complexity index is 630. The second kappa shape index (κ2) is 5.18. The first-order chi connectivity index (χ1) is 9.89. The maximum atomic E-state index is 12.3. The van der Waals surface area contributed by atoms with E-state index < -0.39 is 10.0 Å². The lowest BCUT2D eigenvalue weighted by atomic mass is 10.0. The van der Waals surface area contributed by atoms with Crippen LogP contribution in [-0.4, -0.2) is 39.9 Å². The van der Waals surface area contributed by atoms with Crippen LogP contribution in [0.1, 0.15) is 19.3 Å². The Balaban J connectivity index is 1.93. The lowest BCUT2D eigenvalue weighted by Gasteiger charge is -2.23. The van der Waals surface area contributed by atoms with Crippen LogP contribution in [-0.2, 0) is 10.0 Å². The van der Waals surface area contributed by atoms with Crippen LogP contribution in [0.2, 0.25) is 0 Å². The zero-order chi connectivity index (χ0) is 15.2. The molecule has 2 fully saturated rings. The zero-order valence-corrected chi connectivity index (χ0v) is 13.4. The van der Waals surface area contributed by atoms with Gasteiger partial charge in [0.15, 0.2) is 0 Å². The molecule has 3 rings (SSSR count). The summed E-state index contributed by atoms with van der Waals surface area (Å²) in [6.45, 7) is 2.00. The van der Waals surface area contributed by atoms with E-state index in [0.29, 0.717) is 10.6 Å². The van der Waals surface area contributed by atoms with Crippen molar-refractivity contribution in [3.05, 3.63) is 18.2 Å². The van der Waals surface area contributed by atoms with Crippen LogP contribution in [0.15, 0.2) is 23.1 Å². The average Bonchev–Trinajstić information content (AvgIpc) is 2.99. The number of rotatable bonds is 3. The SMILES string of the molecule is CN(C)S(=O)(=O)c1ccc(N)c(N2CC3CCCC3C2)c1. The molecule has 116 valence electrons. The largest absolute Gasteiger partial charge is 0.397 e. The van der Waals surface area contributed by atoms with Gasteiger partial charge in [-0.3, -0.25) is 0 Å². The number of sulfonamides is 1. The van der Waals surface area contributed by atoms with Crippen molar-refractivity contribution >= 4 is 21.4 Å². The topological polar surface area (TPSA) is 66.6 Å². The molecule has 1 aromatic carbocycles. The summed E-state index contributed by atoms with van der Waals surface area (Å²) in [7, 11) is -0.319. The molecular formula is C15H23N3O2S. The van der Waals surface area contributed by atoms with Gasteiger partial charge < -0.3 is 10.6 Å². The molecule has 0 amide bonds. The summed E-state index contributed by atoms with van der Waals surface area (Å²) < 4.78 is 25.8. The molecule has 1 aliphatic carbocycles. The molecule has 21 heavy (non-hydrogen) atoms. The molecule has 2 aliphatic rings. The van der Waals surface area contributed by atoms with Crippen LogP contribution >= 0.6 is 0 Å². The Morgan fingerprint density at radius 3 is 2.38 bits per heavy atom. The minimum Gasteiger partial charge on any atom is -0.397 e. The predicted molar refractivity (Wildman–Crippen MR) is 84.8 cm³/mol. The summed E-state index contributed by atoms with van der Waals surface area (Å²) in [6, 6.07) is 5.02. The van der Waals surface area contributed by atoms with E-state index in [2.05, 4.69) is 4.90 Å². The number of anilines is 2.